The van der Waals surface area contributed by atoms with Crippen LogP contribution in [0.15, 0.2) is 29.2 Å². The molecule has 1 heterocycles. The van der Waals surface area contributed by atoms with E-state index in [0.717, 1.165) is 11.1 Å². The van der Waals surface area contributed by atoms with Crippen molar-refractivity contribution in [3.8, 4) is 0 Å². The van der Waals surface area contributed by atoms with E-state index in [0.29, 0.717) is 24.0 Å². The smallest absolute Gasteiger partial charge is 0.338 e. The van der Waals surface area contributed by atoms with Gasteiger partial charge in [-0.05, 0) is 31.5 Å². The summed E-state index contributed by atoms with van der Waals surface area (Å²) in [5, 5.41) is 0.562. The molecule has 0 bridgehead atoms. The summed E-state index contributed by atoms with van der Waals surface area (Å²) in [7, 11) is 1.89. The number of rotatable bonds is 3. The Morgan fingerprint density at radius 2 is 2.05 bits per heavy atom. The summed E-state index contributed by atoms with van der Waals surface area (Å²) < 4.78 is 6.86. The maximum Gasteiger partial charge on any atom is 0.338 e. The summed E-state index contributed by atoms with van der Waals surface area (Å²) in [5.41, 5.74) is 1.97. The summed E-state index contributed by atoms with van der Waals surface area (Å²) in [6.45, 7) is 4.02. The Morgan fingerprint density at radius 3 is 2.68 bits per heavy atom. The first kappa shape index (κ1) is 13.3. The molecule has 1 aromatic carbocycles. The Labute approximate surface area is 111 Å². The zero-order chi connectivity index (χ0) is 14.0. The van der Waals surface area contributed by atoms with Crippen molar-refractivity contribution >= 4 is 16.9 Å². The van der Waals surface area contributed by atoms with Crippen molar-refractivity contribution < 1.29 is 9.53 Å². The maximum atomic E-state index is 12.3. The van der Waals surface area contributed by atoms with E-state index in [4.69, 9.17) is 4.74 Å². The second kappa shape index (κ2) is 5.26. The fourth-order valence-corrected chi connectivity index (χ4v) is 2.15. The highest BCUT2D eigenvalue weighted by molar-refractivity contribution is 5.94. The Morgan fingerprint density at radius 1 is 1.32 bits per heavy atom. The van der Waals surface area contributed by atoms with Gasteiger partial charge in [0.25, 0.3) is 0 Å². The second-order valence-electron chi connectivity index (χ2n) is 4.40. The predicted octanol–water partition coefficient (Wildman–Crippen LogP) is 2.28. The lowest BCUT2D eigenvalue weighted by atomic mass is 10.1. The number of nitrogens with zero attached hydrogens (tertiary/aromatic N) is 1. The molecule has 0 aliphatic heterocycles. The molecule has 0 amide bonds. The van der Waals surface area contributed by atoms with Gasteiger partial charge in [0.15, 0.2) is 5.43 Å². The Hall–Kier alpha value is -2.10. The number of aryl methyl sites for hydroxylation is 2. The molecule has 19 heavy (non-hydrogen) atoms. The standard InChI is InChI=1S/C15H17NO3/c1-4-10-9-16(3)13-7-6-11(15(18)19-5-2)8-12(13)14(10)17/h6-9H,4-5H2,1-3H3. The average Bonchev–Trinajstić information content (AvgIpc) is 2.42. The van der Waals surface area contributed by atoms with Gasteiger partial charge in [-0.15, -0.1) is 0 Å². The first-order valence-electron chi connectivity index (χ1n) is 6.37. The average molecular weight is 259 g/mol. The molecule has 4 heteroatoms. The first-order chi connectivity index (χ1) is 9.08. The summed E-state index contributed by atoms with van der Waals surface area (Å²) in [4.78, 5) is 24.0. The van der Waals surface area contributed by atoms with Crippen LogP contribution in [0.2, 0.25) is 0 Å². The first-order valence-corrected chi connectivity index (χ1v) is 6.37. The van der Waals surface area contributed by atoms with E-state index in [1.54, 1.807) is 25.1 Å². The van der Waals surface area contributed by atoms with Gasteiger partial charge in [-0.1, -0.05) is 6.92 Å². The highest BCUT2D eigenvalue weighted by Gasteiger charge is 2.11. The minimum absolute atomic E-state index is 0.0123. The largest absolute Gasteiger partial charge is 0.462 e. The lowest BCUT2D eigenvalue weighted by molar-refractivity contribution is 0.0526. The molecule has 1 aromatic heterocycles. The van der Waals surface area contributed by atoms with E-state index in [1.165, 1.54) is 0 Å². The zero-order valence-electron chi connectivity index (χ0n) is 11.4. The minimum atomic E-state index is -0.395. The number of carbonyl (C=O) groups is 1. The van der Waals surface area contributed by atoms with Crippen LogP contribution in [-0.4, -0.2) is 17.1 Å². The number of hydrogen-bond acceptors (Lipinski definition) is 3. The molecule has 4 nitrogen and oxygen atoms in total. The molecule has 0 fully saturated rings. The normalized spacial score (nSPS) is 10.7. The van der Waals surface area contributed by atoms with Crippen LogP contribution in [0.3, 0.4) is 0 Å². The molecule has 0 radical (unpaired) electrons. The van der Waals surface area contributed by atoms with Crippen molar-refractivity contribution in [2.24, 2.45) is 7.05 Å². The van der Waals surface area contributed by atoms with Crippen LogP contribution in [0.1, 0.15) is 29.8 Å². The van der Waals surface area contributed by atoms with Gasteiger partial charge in [0.1, 0.15) is 0 Å². The molecule has 0 aliphatic carbocycles. The minimum Gasteiger partial charge on any atom is -0.462 e. The van der Waals surface area contributed by atoms with Crippen LogP contribution in [0, 0.1) is 0 Å². The van der Waals surface area contributed by atoms with Gasteiger partial charge in [0.2, 0.25) is 0 Å². The van der Waals surface area contributed by atoms with E-state index >= 15 is 0 Å². The number of pyridine rings is 1. The van der Waals surface area contributed by atoms with Gasteiger partial charge in [-0.3, -0.25) is 4.79 Å². The molecule has 0 N–H and O–H groups in total. The molecular formula is C15H17NO3. The van der Waals surface area contributed by atoms with Gasteiger partial charge >= 0.3 is 5.97 Å². The molecule has 0 saturated heterocycles. The van der Waals surface area contributed by atoms with Crippen LogP contribution >= 0.6 is 0 Å². The van der Waals surface area contributed by atoms with Crippen molar-refractivity contribution in [2.45, 2.75) is 20.3 Å². The van der Waals surface area contributed by atoms with Crippen molar-refractivity contribution in [2.75, 3.05) is 6.61 Å². The third-order valence-corrected chi connectivity index (χ3v) is 3.15. The maximum absolute atomic E-state index is 12.3. The molecule has 2 rings (SSSR count). The number of ether oxygens (including phenoxy) is 1. The van der Waals surface area contributed by atoms with Crippen LogP contribution < -0.4 is 5.43 Å². The van der Waals surface area contributed by atoms with E-state index < -0.39 is 5.97 Å². The lowest BCUT2D eigenvalue weighted by Gasteiger charge is -2.09. The Balaban J connectivity index is 2.68. The Kier molecular flexibility index (Phi) is 3.69. The fraction of sp³-hybridized carbons (Fsp3) is 0.333. The quantitative estimate of drug-likeness (QED) is 0.794. The predicted molar refractivity (Wildman–Crippen MR) is 74.5 cm³/mol. The molecular weight excluding hydrogens is 242 g/mol. The van der Waals surface area contributed by atoms with Gasteiger partial charge < -0.3 is 9.30 Å². The highest BCUT2D eigenvalue weighted by atomic mass is 16.5. The number of benzene rings is 1. The number of carbonyl (C=O) groups excluding carboxylic acids is 1. The van der Waals surface area contributed by atoms with Crippen molar-refractivity contribution in [3.05, 3.63) is 45.7 Å². The fourth-order valence-electron chi connectivity index (χ4n) is 2.15. The van der Waals surface area contributed by atoms with Crippen LogP contribution in [0.25, 0.3) is 10.9 Å². The SMILES string of the molecule is CCOC(=O)c1ccc2c(c1)c(=O)c(CC)cn2C. The van der Waals surface area contributed by atoms with Crippen molar-refractivity contribution in [1.29, 1.82) is 0 Å². The summed E-state index contributed by atoms with van der Waals surface area (Å²) in [6.07, 6.45) is 2.51. The number of esters is 1. The van der Waals surface area contributed by atoms with Crippen molar-refractivity contribution in [1.82, 2.24) is 4.57 Å². The van der Waals surface area contributed by atoms with E-state index in [2.05, 4.69) is 0 Å². The van der Waals surface area contributed by atoms with Gasteiger partial charge in [0, 0.05) is 24.2 Å². The molecule has 0 unspecified atom stereocenters. The van der Waals surface area contributed by atoms with Crippen LogP contribution in [0.5, 0.6) is 0 Å². The monoisotopic (exact) mass is 259 g/mol. The van der Waals surface area contributed by atoms with Crippen LogP contribution in [0.4, 0.5) is 0 Å². The molecule has 0 aliphatic rings. The van der Waals surface area contributed by atoms with E-state index in [1.807, 2.05) is 24.7 Å². The summed E-state index contributed by atoms with van der Waals surface area (Å²) in [5.74, 6) is -0.395. The number of aromatic nitrogens is 1. The third kappa shape index (κ3) is 2.38. The van der Waals surface area contributed by atoms with E-state index in [9.17, 15) is 9.59 Å². The van der Waals surface area contributed by atoms with Crippen molar-refractivity contribution in [3.63, 3.8) is 0 Å². The molecule has 2 aromatic rings. The molecule has 0 atom stereocenters. The molecule has 100 valence electrons. The number of fused-ring (bicyclic) bond motifs is 1. The highest BCUT2D eigenvalue weighted by Crippen LogP contribution is 2.14. The van der Waals surface area contributed by atoms with Gasteiger partial charge in [-0.25, -0.2) is 4.79 Å². The topological polar surface area (TPSA) is 48.3 Å². The molecule has 0 saturated carbocycles. The number of hydrogen-bond donors (Lipinski definition) is 0. The lowest BCUT2D eigenvalue weighted by Crippen LogP contribution is -2.14. The third-order valence-electron chi connectivity index (χ3n) is 3.15. The van der Waals surface area contributed by atoms with Crippen LogP contribution in [-0.2, 0) is 18.2 Å². The summed E-state index contributed by atoms with van der Waals surface area (Å²) in [6, 6.07) is 5.09. The van der Waals surface area contributed by atoms with E-state index in [-0.39, 0.29) is 5.43 Å². The molecule has 0 spiro atoms. The Bertz CT molecular complexity index is 686. The zero-order valence-corrected chi connectivity index (χ0v) is 11.4. The summed E-state index contributed by atoms with van der Waals surface area (Å²) >= 11 is 0. The van der Waals surface area contributed by atoms with Gasteiger partial charge in [-0.2, -0.15) is 0 Å². The van der Waals surface area contributed by atoms with Gasteiger partial charge in [0.05, 0.1) is 17.7 Å². The second-order valence-corrected chi connectivity index (χ2v) is 4.40.